The monoisotopic (exact) mass is 476 g/mol. The maximum Gasteiger partial charge on any atom is 0.408 e. The third-order valence-electron chi connectivity index (χ3n) is 6.52. The first-order chi connectivity index (χ1) is 16.0. The van der Waals surface area contributed by atoms with Crippen molar-refractivity contribution in [2.45, 2.75) is 63.0 Å². The third kappa shape index (κ3) is 4.45. The number of carbonyl (C=O) groups is 1. The van der Waals surface area contributed by atoms with Crippen LogP contribution in [0.4, 0.5) is 19.0 Å². The minimum absolute atomic E-state index is 0.186. The summed E-state index contributed by atoms with van der Waals surface area (Å²) >= 11 is 0. The molecule has 9 nitrogen and oxygen atoms in total. The maximum absolute atomic E-state index is 12.7. The van der Waals surface area contributed by atoms with E-state index in [2.05, 4.69) is 45.7 Å². The van der Waals surface area contributed by atoms with Crippen molar-refractivity contribution in [1.82, 2.24) is 35.9 Å². The lowest BCUT2D eigenvalue weighted by molar-refractivity contribution is -0.149. The number of nitrogens with zero attached hydrogens (tertiary/aromatic N) is 5. The van der Waals surface area contributed by atoms with Crippen LogP contribution < -0.4 is 21.1 Å². The summed E-state index contributed by atoms with van der Waals surface area (Å²) in [6, 6.07) is -1.46. The predicted molar refractivity (Wildman–Crippen MR) is 119 cm³/mol. The summed E-state index contributed by atoms with van der Waals surface area (Å²) in [5.74, 6) is 2.59. The highest BCUT2D eigenvalue weighted by Crippen LogP contribution is 2.36. The molecule has 12 heteroatoms. The van der Waals surface area contributed by atoms with Gasteiger partial charge in [-0.05, 0) is 26.3 Å². The van der Waals surface area contributed by atoms with Crippen LogP contribution in [0.1, 0.15) is 49.2 Å². The van der Waals surface area contributed by atoms with Crippen LogP contribution in [0.2, 0.25) is 0 Å². The number of terminal acetylenes is 1. The number of hydrogen-bond acceptors (Lipinski definition) is 7. The Morgan fingerprint density at radius 3 is 2.50 bits per heavy atom. The van der Waals surface area contributed by atoms with Crippen molar-refractivity contribution in [2.75, 3.05) is 18.0 Å². The van der Waals surface area contributed by atoms with Crippen LogP contribution in [0.3, 0.4) is 0 Å². The average Bonchev–Trinajstić information content (AvgIpc) is 3.36. The molecule has 0 radical (unpaired) electrons. The molecule has 4 rings (SSSR count). The summed E-state index contributed by atoms with van der Waals surface area (Å²) in [6.07, 6.45) is 8.07. The smallest absolute Gasteiger partial charge is 0.350 e. The van der Waals surface area contributed by atoms with Gasteiger partial charge in [-0.15, -0.1) is 12.3 Å². The van der Waals surface area contributed by atoms with Crippen molar-refractivity contribution in [3.05, 3.63) is 36.0 Å². The Labute approximate surface area is 195 Å². The molecule has 0 saturated carbocycles. The second kappa shape index (κ2) is 8.88. The van der Waals surface area contributed by atoms with Crippen molar-refractivity contribution < 1.29 is 18.0 Å². The standard InChI is InChI=1S/C22H27F3N8O/c1-5-6-21(33-10-16(7-28-33)19-13(2)30-31-14(19)3)11-32(12-21)18-9-26-17(8-27-18)20(34)29-15(4)22(23,24)25/h1,7-10,13-15,19,30-31H,6,11-12H2,2-4H3,(H,29,34)/t13?,14?,15-,19?/m0/s1. The molecular weight excluding hydrogens is 449 g/mol. The molecule has 4 heterocycles. The number of nitrogens with one attached hydrogen (secondary N) is 3. The average molecular weight is 477 g/mol. The number of amides is 1. The minimum atomic E-state index is -4.53. The first-order valence-electron chi connectivity index (χ1n) is 11.0. The number of halogens is 3. The lowest BCUT2D eigenvalue weighted by Crippen LogP contribution is -2.63. The lowest BCUT2D eigenvalue weighted by atomic mass is 9.86. The van der Waals surface area contributed by atoms with Gasteiger partial charge in [-0.2, -0.15) is 18.3 Å². The Hall–Kier alpha value is -3.17. The molecule has 0 aromatic carbocycles. The van der Waals surface area contributed by atoms with Crippen LogP contribution in [0.5, 0.6) is 0 Å². The van der Waals surface area contributed by atoms with E-state index in [0.29, 0.717) is 25.3 Å². The molecule has 182 valence electrons. The number of hydrazine groups is 1. The molecule has 2 fully saturated rings. The number of aromatic nitrogens is 4. The van der Waals surface area contributed by atoms with Gasteiger partial charge in [0.15, 0.2) is 0 Å². The third-order valence-corrected chi connectivity index (χ3v) is 6.52. The topological polar surface area (TPSA) is 100 Å². The molecule has 2 aromatic rings. The van der Waals surface area contributed by atoms with Crippen LogP contribution >= 0.6 is 0 Å². The first kappa shape index (κ1) is 24.0. The summed E-state index contributed by atoms with van der Waals surface area (Å²) < 4.78 is 39.9. The molecule has 0 aliphatic carbocycles. The number of hydrogen-bond donors (Lipinski definition) is 3. The van der Waals surface area contributed by atoms with E-state index in [-0.39, 0.29) is 23.7 Å². The highest BCUT2D eigenvalue weighted by Gasteiger charge is 2.46. The molecule has 3 atom stereocenters. The molecule has 2 aliphatic heterocycles. The SMILES string of the molecule is C#CCC1(n2cc(C3C(C)NNC3C)cn2)CN(c2cnc(C(=O)N[C@@H](C)C(F)(F)F)cn2)C1. The number of anilines is 1. The lowest BCUT2D eigenvalue weighted by Gasteiger charge is -2.49. The molecule has 2 saturated heterocycles. The van der Waals surface area contributed by atoms with Gasteiger partial charge in [0.1, 0.15) is 23.1 Å². The van der Waals surface area contributed by atoms with Crippen LogP contribution in [0.25, 0.3) is 0 Å². The minimum Gasteiger partial charge on any atom is -0.350 e. The summed E-state index contributed by atoms with van der Waals surface area (Å²) in [5, 5.41) is 6.49. The second-order valence-electron chi connectivity index (χ2n) is 9.07. The zero-order valence-corrected chi connectivity index (χ0v) is 19.1. The van der Waals surface area contributed by atoms with Crippen LogP contribution in [0, 0.1) is 12.3 Å². The van der Waals surface area contributed by atoms with Gasteiger partial charge in [0, 0.05) is 43.7 Å². The normalized spacial score (nSPS) is 24.9. The van der Waals surface area contributed by atoms with E-state index in [1.807, 2.05) is 27.3 Å². The molecule has 0 bridgehead atoms. The highest BCUT2D eigenvalue weighted by atomic mass is 19.4. The number of carbonyl (C=O) groups excluding carboxylic acids is 1. The fourth-order valence-corrected chi connectivity index (χ4v) is 4.53. The van der Waals surface area contributed by atoms with Crippen LogP contribution in [0.15, 0.2) is 24.8 Å². The number of alkyl halides is 3. The fraction of sp³-hybridized carbons (Fsp3) is 0.545. The van der Waals surface area contributed by atoms with Gasteiger partial charge in [-0.1, -0.05) is 0 Å². The summed E-state index contributed by atoms with van der Waals surface area (Å²) in [4.78, 5) is 22.2. The first-order valence-corrected chi connectivity index (χ1v) is 11.0. The fourth-order valence-electron chi connectivity index (χ4n) is 4.53. The molecule has 1 amide bonds. The predicted octanol–water partition coefficient (Wildman–Crippen LogP) is 1.56. The molecule has 2 unspecified atom stereocenters. The van der Waals surface area contributed by atoms with E-state index < -0.39 is 23.7 Å². The quantitative estimate of drug-likeness (QED) is 0.544. The van der Waals surface area contributed by atoms with E-state index in [0.717, 1.165) is 12.5 Å². The van der Waals surface area contributed by atoms with Crippen molar-refractivity contribution >= 4 is 11.7 Å². The highest BCUT2D eigenvalue weighted by molar-refractivity contribution is 5.92. The molecular formula is C22H27F3N8O. The number of rotatable bonds is 6. The van der Waals surface area contributed by atoms with Crippen molar-refractivity contribution in [3.8, 4) is 12.3 Å². The van der Waals surface area contributed by atoms with Crippen LogP contribution in [-0.4, -0.2) is 63.0 Å². The zero-order valence-electron chi connectivity index (χ0n) is 19.1. The van der Waals surface area contributed by atoms with E-state index in [4.69, 9.17) is 6.42 Å². The molecule has 3 N–H and O–H groups in total. The molecule has 2 aromatic heterocycles. The molecule has 2 aliphatic rings. The molecule has 0 spiro atoms. The van der Waals surface area contributed by atoms with Crippen molar-refractivity contribution in [3.63, 3.8) is 0 Å². The summed E-state index contributed by atoms with van der Waals surface area (Å²) in [6.45, 7) is 6.18. The van der Waals surface area contributed by atoms with Crippen molar-refractivity contribution in [2.24, 2.45) is 0 Å². The van der Waals surface area contributed by atoms with E-state index in [1.54, 1.807) is 0 Å². The maximum atomic E-state index is 12.7. The second-order valence-corrected chi connectivity index (χ2v) is 9.07. The largest absolute Gasteiger partial charge is 0.408 e. The molecule has 34 heavy (non-hydrogen) atoms. The Balaban J connectivity index is 1.44. The summed E-state index contributed by atoms with van der Waals surface area (Å²) in [7, 11) is 0. The van der Waals surface area contributed by atoms with E-state index in [1.165, 1.54) is 12.4 Å². The van der Waals surface area contributed by atoms with E-state index in [9.17, 15) is 18.0 Å². The van der Waals surface area contributed by atoms with E-state index >= 15 is 0 Å². The van der Waals surface area contributed by atoms with Gasteiger partial charge in [0.2, 0.25) is 0 Å². The Morgan fingerprint density at radius 2 is 1.94 bits per heavy atom. The zero-order chi connectivity index (χ0) is 24.7. The van der Waals surface area contributed by atoms with Gasteiger partial charge < -0.3 is 10.2 Å². The van der Waals surface area contributed by atoms with Gasteiger partial charge >= 0.3 is 6.18 Å². The van der Waals surface area contributed by atoms with Gasteiger partial charge in [-0.25, -0.2) is 9.97 Å². The summed E-state index contributed by atoms with van der Waals surface area (Å²) in [5.41, 5.74) is 7.03. The van der Waals surface area contributed by atoms with Gasteiger partial charge in [0.05, 0.1) is 18.6 Å². The van der Waals surface area contributed by atoms with Gasteiger partial charge in [-0.3, -0.25) is 20.3 Å². The van der Waals surface area contributed by atoms with Crippen LogP contribution in [-0.2, 0) is 5.54 Å². The van der Waals surface area contributed by atoms with Crippen molar-refractivity contribution in [1.29, 1.82) is 0 Å². The Bertz CT molecular complexity index is 1060. The Morgan fingerprint density at radius 1 is 1.26 bits per heavy atom. The Kier molecular flexibility index (Phi) is 6.26. The van der Waals surface area contributed by atoms with Gasteiger partial charge in [0.25, 0.3) is 5.91 Å².